The first-order valence-corrected chi connectivity index (χ1v) is 8.90. The van der Waals surface area contributed by atoms with E-state index in [-0.39, 0.29) is 24.3 Å². The van der Waals surface area contributed by atoms with Gasteiger partial charge in [-0.2, -0.15) is 0 Å². The zero-order valence-corrected chi connectivity index (χ0v) is 15.1. The molecule has 1 amide bonds. The third-order valence-electron chi connectivity index (χ3n) is 3.95. The summed E-state index contributed by atoms with van der Waals surface area (Å²) in [7, 11) is 0. The smallest absolute Gasteiger partial charge is 0.220 e. The number of amides is 1. The topological polar surface area (TPSA) is 78.8 Å². The van der Waals surface area contributed by atoms with Gasteiger partial charge in [0.25, 0.3) is 0 Å². The summed E-state index contributed by atoms with van der Waals surface area (Å²) in [5.74, 6) is 0.181. The van der Waals surface area contributed by atoms with Crippen molar-refractivity contribution >= 4 is 5.91 Å². The van der Waals surface area contributed by atoms with Crippen molar-refractivity contribution in [2.75, 3.05) is 13.2 Å². The summed E-state index contributed by atoms with van der Waals surface area (Å²) in [4.78, 5) is 12.3. The molecule has 0 aliphatic heterocycles. The molecule has 0 spiro atoms. The predicted molar refractivity (Wildman–Crippen MR) is 101 cm³/mol. The number of aromatic hydroxyl groups is 1. The van der Waals surface area contributed by atoms with Gasteiger partial charge in [-0.15, -0.1) is 0 Å². The Morgan fingerprint density at radius 3 is 2.38 bits per heavy atom. The van der Waals surface area contributed by atoms with Gasteiger partial charge in [0.05, 0.1) is 25.4 Å². The lowest BCUT2D eigenvalue weighted by atomic mass is 10.1. The minimum atomic E-state index is -0.543. The van der Waals surface area contributed by atoms with Crippen LogP contribution >= 0.6 is 0 Å². The van der Waals surface area contributed by atoms with E-state index >= 15 is 0 Å². The highest BCUT2D eigenvalue weighted by molar-refractivity contribution is 5.76. The molecule has 3 N–H and O–H groups in total. The fraction of sp³-hybridized carbons (Fsp3) is 0.381. The number of aliphatic hydroxyl groups is 1. The molecular weight excluding hydrogens is 330 g/mol. The average Bonchev–Trinajstić information content (AvgIpc) is 2.62. The van der Waals surface area contributed by atoms with Crippen molar-refractivity contribution in [2.24, 2.45) is 0 Å². The Kier molecular flexibility index (Phi) is 8.12. The highest BCUT2D eigenvalue weighted by Gasteiger charge is 2.14. The van der Waals surface area contributed by atoms with Crippen molar-refractivity contribution in [1.29, 1.82) is 0 Å². The molecule has 5 nitrogen and oxygen atoms in total. The van der Waals surface area contributed by atoms with Gasteiger partial charge in [0.15, 0.2) is 0 Å². The Hall–Kier alpha value is -2.37. The molecule has 0 saturated carbocycles. The van der Waals surface area contributed by atoms with Crippen LogP contribution in [-0.4, -0.2) is 41.5 Å². The van der Waals surface area contributed by atoms with E-state index < -0.39 is 6.10 Å². The number of aryl methyl sites for hydroxylation is 1. The second-order valence-electron chi connectivity index (χ2n) is 6.51. The van der Waals surface area contributed by atoms with Gasteiger partial charge in [-0.1, -0.05) is 42.5 Å². The number of benzene rings is 2. The van der Waals surface area contributed by atoms with Crippen molar-refractivity contribution in [3.05, 3.63) is 65.7 Å². The molecule has 0 unspecified atom stereocenters. The van der Waals surface area contributed by atoms with Gasteiger partial charge in [-0.25, -0.2) is 0 Å². The lowest BCUT2D eigenvalue weighted by Gasteiger charge is -2.20. The number of carbonyl (C=O) groups excluding carboxylic acids is 1. The summed E-state index contributed by atoms with van der Waals surface area (Å²) < 4.78 is 5.50. The van der Waals surface area contributed by atoms with Crippen molar-refractivity contribution in [2.45, 2.75) is 38.3 Å². The highest BCUT2D eigenvalue weighted by Crippen LogP contribution is 2.12. The maximum atomic E-state index is 12.3. The van der Waals surface area contributed by atoms with E-state index in [1.807, 2.05) is 42.5 Å². The van der Waals surface area contributed by atoms with E-state index in [4.69, 9.17) is 4.74 Å². The fourth-order valence-corrected chi connectivity index (χ4v) is 2.65. The fourth-order valence-electron chi connectivity index (χ4n) is 2.65. The summed E-state index contributed by atoms with van der Waals surface area (Å²) >= 11 is 0. The van der Waals surface area contributed by atoms with E-state index in [1.165, 1.54) is 0 Å². The van der Waals surface area contributed by atoms with E-state index in [0.717, 1.165) is 11.1 Å². The van der Waals surface area contributed by atoms with Crippen LogP contribution < -0.4 is 5.32 Å². The van der Waals surface area contributed by atoms with Gasteiger partial charge in [0.1, 0.15) is 5.75 Å². The number of ether oxygens (including phenoxy) is 1. The Balaban J connectivity index is 1.88. The van der Waals surface area contributed by atoms with Crippen LogP contribution in [0.3, 0.4) is 0 Å². The second-order valence-corrected chi connectivity index (χ2v) is 6.51. The van der Waals surface area contributed by atoms with Crippen LogP contribution in [0.15, 0.2) is 54.6 Å². The molecule has 0 aliphatic carbocycles. The molecule has 2 aromatic carbocycles. The Labute approximate surface area is 154 Å². The van der Waals surface area contributed by atoms with E-state index in [1.54, 1.807) is 19.1 Å². The second kappa shape index (κ2) is 10.6. The van der Waals surface area contributed by atoms with Gasteiger partial charge in [-0.3, -0.25) is 4.79 Å². The number of carbonyl (C=O) groups is 1. The molecule has 26 heavy (non-hydrogen) atoms. The highest BCUT2D eigenvalue weighted by atomic mass is 16.5. The maximum Gasteiger partial charge on any atom is 0.220 e. The van der Waals surface area contributed by atoms with Crippen LogP contribution in [0.4, 0.5) is 0 Å². The number of aliphatic hydroxyl groups excluding tert-OH is 1. The van der Waals surface area contributed by atoms with Crippen LogP contribution in [0, 0.1) is 0 Å². The molecule has 0 saturated heterocycles. The van der Waals surface area contributed by atoms with Gasteiger partial charge in [0, 0.05) is 6.42 Å². The SMILES string of the molecule is C[C@H](O)COC[C@H](Cc1ccc(O)cc1)NC(=O)CCc1ccccc1. The zero-order valence-electron chi connectivity index (χ0n) is 15.1. The molecule has 5 heteroatoms. The first kappa shape index (κ1) is 19.9. The Morgan fingerprint density at radius 1 is 1.04 bits per heavy atom. The molecule has 0 bridgehead atoms. The number of phenols is 1. The van der Waals surface area contributed by atoms with Crippen molar-refractivity contribution in [3.8, 4) is 5.75 Å². The van der Waals surface area contributed by atoms with Gasteiger partial charge < -0.3 is 20.3 Å². The van der Waals surface area contributed by atoms with E-state index in [0.29, 0.717) is 25.9 Å². The summed E-state index contributed by atoms with van der Waals surface area (Å²) in [6.07, 6.45) is 1.15. The molecule has 0 heterocycles. The largest absolute Gasteiger partial charge is 0.508 e. The summed E-state index contributed by atoms with van der Waals surface area (Å²) in [6.45, 7) is 2.21. The monoisotopic (exact) mass is 357 g/mol. The average molecular weight is 357 g/mol. The van der Waals surface area contributed by atoms with Crippen LogP contribution in [0.25, 0.3) is 0 Å². The standard InChI is InChI=1S/C21H27NO4/c1-16(23)14-26-15-19(13-18-7-10-20(24)11-8-18)22-21(25)12-9-17-5-3-2-4-6-17/h2-8,10-11,16,19,23-24H,9,12-15H2,1H3,(H,22,25)/t16-,19-/m0/s1. The molecule has 0 aliphatic rings. The number of hydrogen-bond acceptors (Lipinski definition) is 4. The third-order valence-corrected chi connectivity index (χ3v) is 3.95. The lowest BCUT2D eigenvalue weighted by molar-refractivity contribution is -0.122. The van der Waals surface area contributed by atoms with Crippen molar-refractivity contribution < 1.29 is 19.7 Å². The van der Waals surface area contributed by atoms with Crippen LogP contribution in [0.1, 0.15) is 24.5 Å². The van der Waals surface area contributed by atoms with Gasteiger partial charge >= 0.3 is 0 Å². The quantitative estimate of drug-likeness (QED) is 0.610. The Morgan fingerprint density at radius 2 is 1.73 bits per heavy atom. The van der Waals surface area contributed by atoms with E-state index in [2.05, 4.69) is 5.32 Å². The Bertz CT molecular complexity index is 655. The summed E-state index contributed by atoms with van der Waals surface area (Å²) in [6, 6.07) is 16.6. The number of rotatable bonds is 10. The van der Waals surface area contributed by atoms with Crippen LogP contribution in [0.5, 0.6) is 5.75 Å². The van der Waals surface area contributed by atoms with Gasteiger partial charge in [-0.05, 0) is 43.0 Å². The molecule has 0 fully saturated rings. The molecule has 2 rings (SSSR count). The maximum absolute atomic E-state index is 12.3. The normalized spacial score (nSPS) is 13.2. The third kappa shape index (κ3) is 7.68. The van der Waals surface area contributed by atoms with E-state index in [9.17, 15) is 15.0 Å². The summed E-state index contributed by atoms with van der Waals surface area (Å²) in [5.41, 5.74) is 2.12. The number of nitrogens with one attached hydrogen (secondary N) is 1. The van der Waals surface area contributed by atoms with Crippen molar-refractivity contribution in [1.82, 2.24) is 5.32 Å². The molecule has 2 aromatic rings. The minimum Gasteiger partial charge on any atom is -0.508 e. The molecule has 0 radical (unpaired) electrons. The predicted octanol–water partition coefficient (Wildman–Crippen LogP) is 2.45. The first-order chi connectivity index (χ1) is 12.5. The van der Waals surface area contributed by atoms with Crippen LogP contribution in [-0.2, 0) is 22.4 Å². The zero-order chi connectivity index (χ0) is 18.8. The number of phenolic OH excluding ortho intramolecular Hbond substituents is 1. The molecule has 0 aromatic heterocycles. The lowest BCUT2D eigenvalue weighted by Crippen LogP contribution is -2.40. The van der Waals surface area contributed by atoms with Crippen molar-refractivity contribution in [3.63, 3.8) is 0 Å². The minimum absolute atomic E-state index is 0.0294. The molecular formula is C21H27NO4. The first-order valence-electron chi connectivity index (χ1n) is 8.90. The molecule has 2 atom stereocenters. The summed E-state index contributed by atoms with van der Waals surface area (Å²) in [5, 5.41) is 21.7. The number of hydrogen-bond donors (Lipinski definition) is 3. The molecule has 140 valence electrons. The van der Waals surface area contributed by atoms with Crippen LogP contribution in [0.2, 0.25) is 0 Å². The van der Waals surface area contributed by atoms with Gasteiger partial charge in [0.2, 0.25) is 5.91 Å².